The van der Waals surface area contributed by atoms with Crippen molar-refractivity contribution in [1.82, 2.24) is 4.57 Å². The molecule has 0 unspecified atom stereocenters. The fourth-order valence-electron chi connectivity index (χ4n) is 2.65. The quantitative estimate of drug-likeness (QED) is 0.776. The van der Waals surface area contributed by atoms with Crippen LogP contribution in [0.3, 0.4) is 0 Å². The standard InChI is InChI=1S/C17H13ClN2O5/c18-10-1-3-13-12(7-10)20(17(22)25-13)9-16(21)19-11-2-4-14-15(8-11)24-6-5-23-14/h1-4,7-8H,5-6,9H2,(H,19,21). The summed E-state index contributed by atoms with van der Waals surface area (Å²) in [6.07, 6.45) is 0. The van der Waals surface area contributed by atoms with E-state index in [-0.39, 0.29) is 12.5 Å². The van der Waals surface area contributed by atoms with Gasteiger partial charge in [0.2, 0.25) is 5.91 Å². The number of amides is 1. The second-order valence-electron chi connectivity index (χ2n) is 5.47. The molecule has 7 nitrogen and oxygen atoms in total. The normalized spacial score (nSPS) is 13.0. The molecule has 0 aliphatic carbocycles. The van der Waals surface area contributed by atoms with E-state index in [1.54, 1.807) is 36.4 Å². The van der Waals surface area contributed by atoms with Gasteiger partial charge in [0.25, 0.3) is 0 Å². The summed E-state index contributed by atoms with van der Waals surface area (Å²) >= 11 is 5.95. The van der Waals surface area contributed by atoms with Crippen LogP contribution in [0, 0.1) is 0 Å². The predicted molar refractivity (Wildman–Crippen MR) is 91.5 cm³/mol. The molecule has 1 aliphatic heterocycles. The van der Waals surface area contributed by atoms with Crippen molar-refractivity contribution in [3.63, 3.8) is 0 Å². The smallest absolute Gasteiger partial charge is 0.420 e. The van der Waals surface area contributed by atoms with Gasteiger partial charge >= 0.3 is 5.76 Å². The number of ether oxygens (including phenoxy) is 2. The number of hydrogen-bond acceptors (Lipinski definition) is 5. The van der Waals surface area contributed by atoms with Crippen molar-refractivity contribution in [1.29, 1.82) is 0 Å². The summed E-state index contributed by atoms with van der Waals surface area (Å²) in [5.41, 5.74) is 1.39. The van der Waals surface area contributed by atoms with E-state index in [0.29, 0.717) is 46.5 Å². The first-order valence-electron chi connectivity index (χ1n) is 7.58. The van der Waals surface area contributed by atoms with E-state index >= 15 is 0 Å². The van der Waals surface area contributed by atoms with Gasteiger partial charge in [-0.3, -0.25) is 9.36 Å². The van der Waals surface area contributed by atoms with Crippen LogP contribution in [0.15, 0.2) is 45.6 Å². The summed E-state index contributed by atoms with van der Waals surface area (Å²) in [4.78, 5) is 24.3. The lowest BCUT2D eigenvalue weighted by molar-refractivity contribution is -0.116. The van der Waals surface area contributed by atoms with E-state index in [1.165, 1.54) is 4.57 Å². The fourth-order valence-corrected chi connectivity index (χ4v) is 2.82. The number of benzene rings is 2. The van der Waals surface area contributed by atoms with Crippen molar-refractivity contribution < 1.29 is 18.7 Å². The number of carbonyl (C=O) groups excluding carboxylic acids is 1. The highest BCUT2D eigenvalue weighted by molar-refractivity contribution is 6.31. The lowest BCUT2D eigenvalue weighted by atomic mass is 10.2. The predicted octanol–water partition coefficient (Wildman–Crippen LogP) is 2.66. The molecule has 25 heavy (non-hydrogen) atoms. The van der Waals surface area contributed by atoms with E-state index in [2.05, 4.69) is 5.32 Å². The first-order valence-corrected chi connectivity index (χ1v) is 7.96. The van der Waals surface area contributed by atoms with Crippen LogP contribution in [0.25, 0.3) is 11.1 Å². The Kier molecular flexibility index (Phi) is 3.85. The molecule has 0 radical (unpaired) electrons. The number of halogens is 1. The fraction of sp³-hybridized carbons (Fsp3) is 0.176. The second-order valence-corrected chi connectivity index (χ2v) is 5.91. The monoisotopic (exact) mass is 360 g/mol. The number of fused-ring (bicyclic) bond motifs is 2. The summed E-state index contributed by atoms with van der Waals surface area (Å²) in [6, 6.07) is 9.90. The largest absolute Gasteiger partial charge is 0.486 e. The number of nitrogens with one attached hydrogen (secondary N) is 1. The topological polar surface area (TPSA) is 82.7 Å². The maximum atomic E-state index is 12.3. The lowest BCUT2D eigenvalue weighted by Crippen LogP contribution is -2.25. The van der Waals surface area contributed by atoms with Gasteiger partial charge in [0.1, 0.15) is 19.8 Å². The molecule has 0 saturated carbocycles. The molecule has 128 valence electrons. The molecule has 0 bridgehead atoms. The van der Waals surface area contributed by atoms with Crippen LogP contribution >= 0.6 is 11.6 Å². The molecular weight excluding hydrogens is 348 g/mol. The molecule has 0 atom stereocenters. The van der Waals surface area contributed by atoms with E-state index in [1.807, 2.05) is 0 Å². The van der Waals surface area contributed by atoms with Crippen molar-refractivity contribution in [3.8, 4) is 11.5 Å². The van der Waals surface area contributed by atoms with Crippen LogP contribution in [0.2, 0.25) is 5.02 Å². The third-order valence-electron chi connectivity index (χ3n) is 3.76. The molecule has 1 amide bonds. The average Bonchev–Trinajstić information content (AvgIpc) is 2.90. The maximum absolute atomic E-state index is 12.3. The molecule has 2 heterocycles. The Morgan fingerprint density at radius 1 is 1.12 bits per heavy atom. The zero-order valence-electron chi connectivity index (χ0n) is 13.0. The number of aromatic nitrogens is 1. The van der Waals surface area contributed by atoms with Gasteiger partial charge in [0, 0.05) is 16.8 Å². The van der Waals surface area contributed by atoms with Crippen molar-refractivity contribution in [3.05, 3.63) is 52.0 Å². The van der Waals surface area contributed by atoms with Crippen molar-refractivity contribution in [2.75, 3.05) is 18.5 Å². The Labute approximate surface area is 146 Å². The number of carbonyl (C=O) groups is 1. The Morgan fingerprint density at radius 2 is 1.92 bits per heavy atom. The van der Waals surface area contributed by atoms with Gasteiger partial charge < -0.3 is 19.2 Å². The maximum Gasteiger partial charge on any atom is 0.420 e. The van der Waals surface area contributed by atoms with Crippen molar-refractivity contribution in [2.45, 2.75) is 6.54 Å². The highest BCUT2D eigenvalue weighted by Gasteiger charge is 2.15. The molecule has 0 fully saturated rings. The van der Waals surface area contributed by atoms with Crippen LogP contribution in [0.4, 0.5) is 5.69 Å². The molecule has 3 aromatic rings. The second kappa shape index (κ2) is 6.18. The minimum atomic E-state index is -0.616. The summed E-state index contributed by atoms with van der Waals surface area (Å²) in [5, 5.41) is 3.18. The number of hydrogen-bond donors (Lipinski definition) is 1. The summed E-state index contributed by atoms with van der Waals surface area (Å²) in [6.45, 7) is 0.764. The van der Waals surface area contributed by atoms with Gasteiger partial charge in [-0.2, -0.15) is 0 Å². The zero-order chi connectivity index (χ0) is 17.4. The Balaban J connectivity index is 1.56. The summed E-state index contributed by atoms with van der Waals surface area (Å²) in [7, 11) is 0. The first-order chi connectivity index (χ1) is 12.1. The van der Waals surface area contributed by atoms with Crippen molar-refractivity contribution >= 4 is 34.3 Å². The summed E-state index contributed by atoms with van der Waals surface area (Å²) < 4.78 is 17.3. The van der Waals surface area contributed by atoms with Gasteiger partial charge in [-0.1, -0.05) is 11.6 Å². The zero-order valence-corrected chi connectivity index (χ0v) is 13.7. The van der Waals surface area contributed by atoms with Crippen molar-refractivity contribution in [2.24, 2.45) is 0 Å². The molecule has 2 aromatic carbocycles. The van der Waals surface area contributed by atoms with Crippen LogP contribution in [-0.2, 0) is 11.3 Å². The van der Waals surface area contributed by atoms with Gasteiger partial charge in [-0.15, -0.1) is 0 Å². The molecule has 0 saturated heterocycles. The Morgan fingerprint density at radius 3 is 2.76 bits per heavy atom. The van der Waals surface area contributed by atoms with E-state index in [9.17, 15) is 9.59 Å². The highest BCUT2D eigenvalue weighted by Crippen LogP contribution is 2.32. The van der Waals surface area contributed by atoms with E-state index in [4.69, 9.17) is 25.5 Å². The van der Waals surface area contributed by atoms with Crippen LogP contribution in [0.1, 0.15) is 0 Å². The third kappa shape index (κ3) is 3.06. The van der Waals surface area contributed by atoms with E-state index in [0.717, 1.165) is 0 Å². The average molecular weight is 361 g/mol. The summed E-state index contributed by atoms with van der Waals surface area (Å²) in [5.74, 6) is 0.216. The number of anilines is 1. The molecule has 4 rings (SSSR count). The van der Waals surface area contributed by atoms with Gasteiger partial charge in [0.15, 0.2) is 17.1 Å². The number of rotatable bonds is 3. The minimum absolute atomic E-state index is 0.194. The lowest BCUT2D eigenvalue weighted by Gasteiger charge is -2.19. The van der Waals surface area contributed by atoms with Crippen LogP contribution < -0.4 is 20.5 Å². The molecule has 0 spiro atoms. The molecule has 8 heteroatoms. The highest BCUT2D eigenvalue weighted by atomic mass is 35.5. The Hall–Kier alpha value is -2.93. The van der Waals surface area contributed by atoms with Crippen LogP contribution in [0.5, 0.6) is 11.5 Å². The number of oxazole rings is 1. The van der Waals surface area contributed by atoms with Gasteiger partial charge in [-0.05, 0) is 30.3 Å². The SMILES string of the molecule is O=C(Cn1c(=O)oc2ccc(Cl)cc21)Nc1ccc2c(c1)OCCO2. The van der Waals surface area contributed by atoms with Gasteiger partial charge in [-0.25, -0.2) is 4.79 Å². The molecule has 1 aliphatic rings. The molecule has 1 aromatic heterocycles. The van der Waals surface area contributed by atoms with E-state index < -0.39 is 5.76 Å². The van der Waals surface area contributed by atoms with Gasteiger partial charge in [0.05, 0.1) is 5.52 Å². The van der Waals surface area contributed by atoms with Crippen LogP contribution in [-0.4, -0.2) is 23.7 Å². The third-order valence-corrected chi connectivity index (χ3v) is 3.99. The first kappa shape index (κ1) is 15.6. The minimum Gasteiger partial charge on any atom is -0.486 e. The molecular formula is C17H13ClN2O5. The molecule has 1 N–H and O–H groups in total. The Bertz CT molecular complexity index is 1020. The number of nitrogens with zero attached hydrogens (tertiary/aromatic N) is 1.